The molecule has 10 heteroatoms. The Morgan fingerprint density at radius 3 is 2.40 bits per heavy atom. The molecule has 108 valence electrons. The van der Waals surface area contributed by atoms with Crippen LogP contribution in [0.1, 0.15) is 27.2 Å². The van der Waals surface area contributed by atoms with Crippen molar-refractivity contribution in [1.82, 2.24) is 9.21 Å². The number of hydrogen-bond donors (Lipinski definition) is 0. The summed E-state index contributed by atoms with van der Waals surface area (Å²) >= 11 is 0. The van der Waals surface area contributed by atoms with Crippen molar-refractivity contribution in [3.05, 3.63) is 0 Å². The van der Waals surface area contributed by atoms with Crippen LogP contribution >= 0.6 is 0 Å². The largest absolute Gasteiger partial charge is 1.00 e. The second-order valence-electron chi connectivity index (χ2n) is 5.57. The number of likely N-dealkylation sites (tertiary alicyclic amines) is 1. The molecular weight excluding hydrogens is 299 g/mol. The van der Waals surface area contributed by atoms with Gasteiger partial charge in [-0.15, -0.1) is 0 Å². The van der Waals surface area contributed by atoms with Crippen LogP contribution in [0, 0.1) is 0 Å². The van der Waals surface area contributed by atoms with Crippen molar-refractivity contribution in [1.29, 1.82) is 0 Å². The molecule has 0 bridgehead atoms. The quantitative estimate of drug-likeness (QED) is 0.285. The van der Waals surface area contributed by atoms with Crippen LogP contribution in [0.2, 0.25) is 0 Å². The molecule has 0 aromatic carbocycles. The Bertz CT molecular complexity index is 528. The van der Waals surface area contributed by atoms with Crippen LogP contribution in [0.25, 0.3) is 0 Å². The molecule has 0 spiro atoms. The number of nitrogens with zero attached hydrogens (tertiary/aromatic N) is 2. The number of hydrogen-bond acceptors (Lipinski definition) is 6. The predicted octanol–water partition coefficient (Wildman–Crippen LogP) is -3.33. The van der Waals surface area contributed by atoms with Crippen LogP contribution in [0.15, 0.2) is 0 Å². The minimum Gasteiger partial charge on any atom is -0.731 e. The van der Waals surface area contributed by atoms with Crippen molar-refractivity contribution in [3.8, 4) is 0 Å². The number of amides is 2. The molecule has 20 heavy (non-hydrogen) atoms. The van der Waals surface area contributed by atoms with E-state index in [1.165, 1.54) is 4.90 Å². The molecule has 2 atom stereocenters. The van der Waals surface area contributed by atoms with E-state index >= 15 is 0 Å². The van der Waals surface area contributed by atoms with E-state index in [1.807, 2.05) is 0 Å². The van der Waals surface area contributed by atoms with Gasteiger partial charge >= 0.3 is 35.7 Å². The van der Waals surface area contributed by atoms with E-state index in [0.717, 1.165) is 0 Å². The SMILES string of the molecule is CC(C)(C)OC(=O)N1CC[C@@H]2[C@H]1C(=O)N2S(=O)(=O)[O-].[Na+]. The zero-order valence-corrected chi connectivity index (χ0v) is 14.6. The van der Waals surface area contributed by atoms with Gasteiger partial charge in [-0.3, -0.25) is 9.69 Å². The fraction of sp³-hybridized carbons (Fsp3) is 0.800. The van der Waals surface area contributed by atoms with Crippen LogP contribution in [-0.4, -0.2) is 58.4 Å². The summed E-state index contributed by atoms with van der Waals surface area (Å²) < 4.78 is 38.1. The summed E-state index contributed by atoms with van der Waals surface area (Å²) in [5.74, 6) is -0.858. The second-order valence-corrected chi connectivity index (χ2v) is 6.82. The molecule has 8 nitrogen and oxygen atoms in total. The van der Waals surface area contributed by atoms with Gasteiger partial charge in [-0.2, -0.15) is 0 Å². The minimum atomic E-state index is -4.80. The van der Waals surface area contributed by atoms with E-state index in [1.54, 1.807) is 20.8 Å². The van der Waals surface area contributed by atoms with Crippen molar-refractivity contribution >= 4 is 22.3 Å². The van der Waals surface area contributed by atoms with Crippen molar-refractivity contribution in [3.63, 3.8) is 0 Å². The summed E-state index contributed by atoms with van der Waals surface area (Å²) in [6.45, 7) is 5.27. The number of carbonyl (C=O) groups excluding carboxylic acids is 2. The standard InChI is InChI=1S/C10H16N2O6S.Na/c1-10(2,3)18-9(14)11-5-4-6-7(11)8(13)12(6)19(15,16)17;/h6-7H,4-5H2,1-3H3,(H,15,16,17);/q;+1/p-1/t6-,7+;/m1./s1. The van der Waals surface area contributed by atoms with Gasteiger partial charge in [0.15, 0.2) is 10.3 Å². The summed E-state index contributed by atoms with van der Waals surface area (Å²) in [6.07, 6.45) is -0.409. The molecule has 2 rings (SSSR count). The second kappa shape index (κ2) is 5.45. The topological polar surface area (TPSA) is 107 Å². The number of rotatable bonds is 1. The van der Waals surface area contributed by atoms with Gasteiger partial charge in [0, 0.05) is 6.54 Å². The summed E-state index contributed by atoms with van der Waals surface area (Å²) in [4.78, 5) is 24.7. The first kappa shape index (κ1) is 17.7. The zero-order chi connectivity index (χ0) is 14.6. The Labute approximate surface area is 139 Å². The van der Waals surface area contributed by atoms with E-state index in [9.17, 15) is 22.6 Å². The maximum Gasteiger partial charge on any atom is 1.00 e. The normalized spacial score (nSPS) is 25.7. The Hall–Kier alpha value is -0.350. The Morgan fingerprint density at radius 2 is 1.95 bits per heavy atom. The van der Waals surface area contributed by atoms with Gasteiger partial charge < -0.3 is 9.29 Å². The molecule has 2 saturated heterocycles. The zero-order valence-electron chi connectivity index (χ0n) is 11.8. The third-order valence-corrected chi connectivity index (χ3v) is 3.94. The number of fused-ring (bicyclic) bond motifs is 1. The first-order chi connectivity index (χ1) is 8.52. The maximum absolute atomic E-state index is 11.9. The van der Waals surface area contributed by atoms with Crippen LogP contribution in [0.4, 0.5) is 4.79 Å². The van der Waals surface area contributed by atoms with Crippen LogP contribution in [0.3, 0.4) is 0 Å². The summed E-state index contributed by atoms with van der Waals surface area (Å²) in [7, 11) is -4.80. The first-order valence-electron chi connectivity index (χ1n) is 5.81. The molecule has 2 amide bonds. The molecule has 0 saturated carbocycles. The molecule has 0 N–H and O–H groups in total. The fourth-order valence-corrected chi connectivity index (χ4v) is 3.21. The number of ether oxygens (including phenoxy) is 1. The first-order valence-corrected chi connectivity index (χ1v) is 7.17. The van der Waals surface area contributed by atoms with Gasteiger partial charge in [-0.25, -0.2) is 17.5 Å². The van der Waals surface area contributed by atoms with Crippen molar-refractivity contribution in [2.45, 2.75) is 44.9 Å². The third kappa shape index (κ3) is 3.11. The molecule has 2 aliphatic heterocycles. The van der Waals surface area contributed by atoms with Gasteiger partial charge in [-0.1, -0.05) is 0 Å². The number of carbonyl (C=O) groups is 2. The smallest absolute Gasteiger partial charge is 0.731 e. The van der Waals surface area contributed by atoms with E-state index in [2.05, 4.69) is 0 Å². The van der Waals surface area contributed by atoms with Crippen LogP contribution < -0.4 is 29.6 Å². The van der Waals surface area contributed by atoms with Crippen molar-refractivity contribution in [2.75, 3.05) is 6.54 Å². The molecule has 2 aliphatic rings. The molecular formula is C10H15N2NaO6S. The van der Waals surface area contributed by atoms with E-state index in [-0.39, 0.29) is 42.5 Å². The fourth-order valence-electron chi connectivity index (χ4n) is 2.33. The van der Waals surface area contributed by atoms with Gasteiger partial charge in [0.1, 0.15) is 11.6 Å². The van der Waals surface area contributed by atoms with Crippen molar-refractivity contribution < 1.29 is 56.9 Å². The Kier molecular flexibility index (Phi) is 4.82. The van der Waals surface area contributed by atoms with Gasteiger partial charge in [0.05, 0.1) is 6.04 Å². The van der Waals surface area contributed by atoms with E-state index in [0.29, 0.717) is 4.31 Å². The van der Waals surface area contributed by atoms with Crippen LogP contribution in [0.5, 0.6) is 0 Å². The van der Waals surface area contributed by atoms with Gasteiger partial charge in [0.25, 0.3) is 5.91 Å². The maximum atomic E-state index is 11.9. The van der Waals surface area contributed by atoms with Crippen LogP contribution in [-0.2, 0) is 19.8 Å². The molecule has 2 heterocycles. The van der Waals surface area contributed by atoms with E-state index < -0.39 is 40.0 Å². The van der Waals surface area contributed by atoms with E-state index in [4.69, 9.17) is 4.74 Å². The van der Waals surface area contributed by atoms with Gasteiger partial charge in [0.2, 0.25) is 0 Å². The van der Waals surface area contributed by atoms with Gasteiger partial charge in [-0.05, 0) is 27.2 Å². The summed E-state index contributed by atoms with van der Waals surface area (Å²) in [5, 5.41) is 0. The Balaban J connectivity index is 0.00000200. The average Bonchev–Trinajstić information content (AvgIpc) is 2.51. The predicted molar refractivity (Wildman–Crippen MR) is 61.7 cm³/mol. The number of β-lactam (4-membered cyclic amide) rings is 1. The molecule has 0 aromatic rings. The third-order valence-electron chi connectivity index (χ3n) is 3.01. The monoisotopic (exact) mass is 314 g/mol. The summed E-state index contributed by atoms with van der Waals surface area (Å²) in [6, 6.07) is -1.64. The van der Waals surface area contributed by atoms with Crippen molar-refractivity contribution in [2.24, 2.45) is 0 Å². The molecule has 0 aliphatic carbocycles. The molecule has 0 unspecified atom stereocenters. The average molecular weight is 314 g/mol. The molecule has 0 aromatic heterocycles. The summed E-state index contributed by atoms with van der Waals surface area (Å²) in [5.41, 5.74) is -0.702. The minimum absolute atomic E-state index is 0. The molecule has 2 fully saturated rings. The Morgan fingerprint density at radius 1 is 1.40 bits per heavy atom. The molecule has 0 radical (unpaired) electrons.